The molecule has 41 heavy (non-hydrogen) atoms. The number of quaternary nitrogens is 1. The molecule has 0 spiro atoms. The number of piperidine rings is 1. The Morgan fingerprint density at radius 2 is 1.93 bits per heavy atom. The number of nitrogens with zero attached hydrogens (tertiary/aromatic N) is 1. The van der Waals surface area contributed by atoms with Gasteiger partial charge in [-0.2, -0.15) is 0 Å². The lowest BCUT2D eigenvalue weighted by molar-refractivity contribution is -0.170. The maximum absolute atomic E-state index is 14.7. The Balaban J connectivity index is 2.12. The molecule has 2 N–H and O–H groups in total. The van der Waals surface area contributed by atoms with Gasteiger partial charge in [-0.3, -0.25) is 4.79 Å². The van der Waals surface area contributed by atoms with Crippen LogP contribution in [-0.4, -0.2) is 68.3 Å². The number of benzene rings is 2. The fourth-order valence-corrected chi connectivity index (χ4v) is 6.84. The minimum Gasteiger partial charge on any atom is -0.497 e. The number of Topliss-reactive ketones (excluding diaryl/α,β-unsaturated/α-hetero) is 1. The molecule has 1 unspecified atom stereocenters. The van der Waals surface area contributed by atoms with Gasteiger partial charge in [-0.25, -0.2) is 14.1 Å². The number of rotatable bonds is 8. The van der Waals surface area contributed by atoms with Crippen LogP contribution in [0.15, 0.2) is 36.4 Å². The predicted octanol–water partition coefficient (Wildman–Crippen LogP) is 4.77. The molecule has 0 saturated carbocycles. The monoisotopic (exact) mass is 587 g/mol. The summed E-state index contributed by atoms with van der Waals surface area (Å²) in [5, 5.41) is 14.7. The highest BCUT2D eigenvalue weighted by Crippen LogP contribution is 2.52. The van der Waals surface area contributed by atoms with Gasteiger partial charge in [-0.05, 0) is 38.1 Å². The van der Waals surface area contributed by atoms with Crippen molar-refractivity contribution in [1.29, 1.82) is 0 Å². The van der Waals surface area contributed by atoms with Crippen LogP contribution < -0.4 is 19.3 Å². The van der Waals surface area contributed by atoms with Gasteiger partial charge >= 0.3 is 11.9 Å². The van der Waals surface area contributed by atoms with Gasteiger partial charge in [0, 0.05) is 53.2 Å². The van der Waals surface area contributed by atoms with Crippen molar-refractivity contribution in [3.05, 3.63) is 52.5 Å². The van der Waals surface area contributed by atoms with E-state index in [2.05, 4.69) is 5.32 Å². The second kappa shape index (κ2) is 11.7. The molecule has 1 amide bonds. The fourth-order valence-electron chi connectivity index (χ4n) is 6.66. The molecule has 222 valence electrons. The maximum Gasteiger partial charge on any atom is 0.367 e. The summed E-state index contributed by atoms with van der Waals surface area (Å²) in [6.45, 7) is 9.80. The highest BCUT2D eigenvalue weighted by atomic mass is 35.5. The third-order valence-electron chi connectivity index (χ3n) is 8.15. The number of aliphatic carboxylic acids is 1. The van der Waals surface area contributed by atoms with E-state index in [1.165, 1.54) is 6.92 Å². The van der Waals surface area contributed by atoms with E-state index in [0.717, 1.165) is 0 Å². The minimum atomic E-state index is -1.77. The molecule has 0 bridgehead atoms. The summed E-state index contributed by atoms with van der Waals surface area (Å²) in [5.74, 6) is -1.74. The van der Waals surface area contributed by atoms with E-state index in [4.69, 9.17) is 25.8 Å². The van der Waals surface area contributed by atoms with Crippen LogP contribution in [0.5, 0.6) is 11.5 Å². The quantitative estimate of drug-likeness (QED) is 0.425. The van der Waals surface area contributed by atoms with Gasteiger partial charge in [-0.15, -0.1) is 0 Å². The van der Waals surface area contributed by atoms with E-state index in [1.807, 2.05) is 33.8 Å². The number of carbonyl (C=O) groups is 3. The van der Waals surface area contributed by atoms with Crippen molar-refractivity contribution < 1.29 is 33.7 Å². The molecule has 4 rings (SSSR count). The molecule has 4 atom stereocenters. The number of carbonyl (C=O) groups excluding carboxylic acids is 2. The van der Waals surface area contributed by atoms with Crippen molar-refractivity contribution in [2.45, 2.75) is 52.7 Å². The zero-order valence-corrected chi connectivity index (χ0v) is 25.3. The standard InChI is InChI=1S/C31H39ClN2O7/c1-7-40-26-15-21(39-6)9-10-22(26)28-23-14-20(32)8-11-25(23)34(18-30(3,4)5,27(36)17-41-28)31(29(37)38)12-13-33-16-24(31)19(2)35/h8-11,14-15,24,28,33H,7,12-13,16-18H2,1-6H3/p+1/t24-,28?,31+,34+/m1/s1. The third-order valence-corrected chi connectivity index (χ3v) is 8.38. The lowest BCUT2D eigenvalue weighted by atomic mass is 9.70. The first-order valence-corrected chi connectivity index (χ1v) is 14.3. The molecule has 0 radical (unpaired) electrons. The molecule has 2 aliphatic heterocycles. The topological polar surface area (TPSA) is 111 Å². The number of hydrogen-bond donors (Lipinski definition) is 2. The number of carboxylic acid groups (broad SMARTS) is 1. The Bertz CT molecular complexity index is 1340. The molecule has 1 saturated heterocycles. The molecule has 0 aliphatic carbocycles. The first kappa shape index (κ1) is 31.0. The zero-order valence-electron chi connectivity index (χ0n) is 24.6. The number of ether oxygens (including phenoxy) is 3. The van der Waals surface area contributed by atoms with E-state index in [-0.39, 0.29) is 31.9 Å². The van der Waals surface area contributed by atoms with Gasteiger partial charge in [0.05, 0.1) is 26.2 Å². The summed E-state index contributed by atoms with van der Waals surface area (Å²) in [5.41, 5.74) is -0.619. The number of carboxylic acids is 1. The highest BCUT2D eigenvalue weighted by molar-refractivity contribution is 6.30. The highest BCUT2D eigenvalue weighted by Gasteiger charge is 2.70. The number of nitrogens with one attached hydrogen (secondary N) is 1. The van der Waals surface area contributed by atoms with Crippen molar-refractivity contribution in [1.82, 2.24) is 9.80 Å². The predicted molar refractivity (Wildman–Crippen MR) is 157 cm³/mol. The van der Waals surface area contributed by atoms with Gasteiger partial charge in [0.15, 0.2) is 6.61 Å². The first-order valence-electron chi connectivity index (χ1n) is 13.9. The summed E-state index contributed by atoms with van der Waals surface area (Å²) >= 11 is 6.58. The second-order valence-electron chi connectivity index (χ2n) is 12.0. The van der Waals surface area contributed by atoms with E-state index in [9.17, 15) is 19.5 Å². The average molecular weight is 588 g/mol. The van der Waals surface area contributed by atoms with Crippen LogP contribution in [0.1, 0.15) is 58.3 Å². The lowest BCUT2D eigenvalue weighted by Gasteiger charge is -2.54. The molecular weight excluding hydrogens is 548 g/mol. The molecule has 2 heterocycles. The fraction of sp³-hybridized carbons (Fsp3) is 0.516. The number of ketones is 1. The van der Waals surface area contributed by atoms with Gasteiger partial charge in [-0.1, -0.05) is 32.4 Å². The van der Waals surface area contributed by atoms with Crippen molar-refractivity contribution in [3.8, 4) is 11.5 Å². The number of methoxy groups -OCH3 is 1. The molecule has 0 aromatic heterocycles. The lowest BCUT2D eigenvalue weighted by Crippen LogP contribution is -2.80. The Morgan fingerprint density at radius 3 is 2.54 bits per heavy atom. The number of halogens is 1. The summed E-state index contributed by atoms with van der Waals surface area (Å²) in [4.78, 5) is 41.5. The zero-order chi connectivity index (χ0) is 30.2. The third kappa shape index (κ3) is 5.36. The van der Waals surface area contributed by atoms with Crippen molar-refractivity contribution >= 4 is 34.9 Å². The smallest absolute Gasteiger partial charge is 0.367 e. The SMILES string of the molecule is CCOc1cc(OC)ccc1C1OCC(=O)[N@@+](CC(C)(C)C)([C@@]2(C(=O)O)CCNC[C@@H]2C(C)=O)c2ccc(Cl)cc21. The summed E-state index contributed by atoms with van der Waals surface area (Å²) in [7, 11) is 1.56. The Morgan fingerprint density at radius 1 is 1.20 bits per heavy atom. The van der Waals surface area contributed by atoms with Gasteiger partial charge in [0.2, 0.25) is 5.54 Å². The maximum atomic E-state index is 14.7. The van der Waals surface area contributed by atoms with Crippen LogP contribution in [-0.2, 0) is 19.1 Å². The number of hydrogen-bond acceptors (Lipinski definition) is 7. The van der Waals surface area contributed by atoms with Crippen molar-refractivity contribution in [2.24, 2.45) is 11.3 Å². The molecule has 2 aromatic carbocycles. The van der Waals surface area contributed by atoms with E-state index >= 15 is 0 Å². The van der Waals surface area contributed by atoms with Crippen LogP contribution in [0.2, 0.25) is 5.02 Å². The van der Waals surface area contributed by atoms with E-state index < -0.39 is 39.3 Å². The van der Waals surface area contributed by atoms with E-state index in [1.54, 1.807) is 37.4 Å². The normalized spacial score (nSPS) is 26.6. The molecule has 2 aliphatic rings. The Kier molecular flexibility index (Phi) is 8.85. The molecule has 10 heteroatoms. The van der Waals surface area contributed by atoms with Crippen molar-refractivity contribution in [3.63, 3.8) is 0 Å². The number of fused-ring (bicyclic) bond motifs is 1. The van der Waals surface area contributed by atoms with Crippen LogP contribution >= 0.6 is 11.6 Å². The second-order valence-corrected chi connectivity index (χ2v) is 12.4. The Labute approximate surface area is 246 Å². The van der Waals surface area contributed by atoms with Gasteiger partial charge < -0.3 is 24.6 Å². The minimum absolute atomic E-state index is 0.0772. The summed E-state index contributed by atoms with van der Waals surface area (Å²) < 4.78 is 17.2. The first-order chi connectivity index (χ1) is 19.3. The van der Waals surface area contributed by atoms with Gasteiger partial charge in [0.1, 0.15) is 29.1 Å². The summed E-state index contributed by atoms with van der Waals surface area (Å²) in [6, 6.07) is 10.5. The Hall–Kier alpha value is -2.98. The molecule has 1 fully saturated rings. The van der Waals surface area contributed by atoms with Crippen molar-refractivity contribution in [2.75, 3.05) is 40.0 Å². The van der Waals surface area contributed by atoms with E-state index in [0.29, 0.717) is 46.5 Å². The van der Waals surface area contributed by atoms with Crippen LogP contribution in [0.4, 0.5) is 5.69 Å². The van der Waals surface area contributed by atoms with Gasteiger partial charge in [0.25, 0.3) is 0 Å². The number of amides is 1. The van der Waals surface area contributed by atoms with Crippen LogP contribution in [0.3, 0.4) is 0 Å². The molecule has 2 aromatic rings. The van der Waals surface area contributed by atoms with Crippen LogP contribution in [0.25, 0.3) is 0 Å². The molecular formula is C31H40ClN2O7+. The largest absolute Gasteiger partial charge is 0.497 e. The molecule has 9 nitrogen and oxygen atoms in total. The average Bonchev–Trinajstić information content (AvgIpc) is 3.02. The summed E-state index contributed by atoms with van der Waals surface area (Å²) in [6.07, 6.45) is -0.725. The van der Waals surface area contributed by atoms with Crippen LogP contribution in [0, 0.1) is 11.3 Å².